The molecule has 36 heavy (non-hydrogen) atoms. The molecule has 1 aliphatic carbocycles. The number of aromatic nitrogens is 1. The maximum Gasteiger partial charge on any atom is 0.339 e. The van der Waals surface area contributed by atoms with Crippen molar-refractivity contribution in [1.82, 2.24) is 4.57 Å². The van der Waals surface area contributed by atoms with Gasteiger partial charge in [0, 0.05) is 38.5 Å². The highest BCUT2D eigenvalue weighted by Crippen LogP contribution is 2.40. The molecule has 0 spiro atoms. The van der Waals surface area contributed by atoms with Gasteiger partial charge in [-0.15, -0.1) is 0 Å². The molecular weight excluding hydrogens is 576 g/mol. The molecule has 0 radical (unpaired) electrons. The van der Waals surface area contributed by atoms with Crippen LogP contribution in [0.2, 0.25) is 0 Å². The van der Waals surface area contributed by atoms with Crippen LogP contribution in [0.15, 0.2) is 56.5 Å². The molecule has 2 aromatic carbocycles. The summed E-state index contributed by atoms with van der Waals surface area (Å²) in [5, 5.41) is 2.82. The average molecular weight is 599 g/mol. The van der Waals surface area contributed by atoms with Crippen LogP contribution in [0.25, 0.3) is 22.1 Å². The molecular formula is C27H23FIN3O4. The fourth-order valence-corrected chi connectivity index (χ4v) is 5.16. The Morgan fingerprint density at radius 2 is 1.94 bits per heavy atom. The van der Waals surface area contributed by atoms with E-state index in [1.165, 1.54) is 6.07 Å². The zero-order valence-electron chi connectivity index (χ0n) is 19.7. The molecule has 3 N–H and O–H groups in total. The fourth-order valence-electron chi connectivity index (χ4n) is 4.71. The number of pyridine rings is 1. The van der Waals surface area contributed by atoms with Crippen LogP contribution in [0, 0.1) is 23.2 Å². The Balaban J connectivity index is 1.85. The molecule has 2 heterocycles. The number of benzene rings is 2. The Morgan fingerprint density at radius 3 is 2.61 bits per heavy atom. The lowest BCUT2D eigenvalue weighted by Crippen LogP contribution is -2.25. The summed E-state index contributed by atoms with van der Waals surface area (Å²) in [4.78, 5) is 38.3. The molecule has 0 aliphatic heterocycles. The SMILES string of the molecule is Cc1c(Cc2ccc(I)cc2F)c2c(=O)n(C3CC3)c(C)c(-c3cccc(NC(N)=O)c3)c2oc1=O. The van der Waals surface area contributed by atoms with Crippen LogP contribution >= 0.6 is 22.6 Å². The molecule has 0 atom stereocenters. The van der Waals surface area contributed by atoms with Crippen LogP contribution < -0.4 is 22.2 Å². The highest BCUT2D eigenvalue weighted by molar-refractivity contribution is 14.1. The van der Waals surface area contributed by atoms with Crippen LogP contribution in [0.5, 0.6) is 0 Å². The van der Waals surface area contributed by atoms with Crippen LogP contribution in [0.4, 0.5) is 14.9 Å². The Morgan fingerprint density at radius 1 is 1.19 bits per heavy atom. The van der Waals surface area contributed by atoms with E-state index >= 15 is 0 Å². The second kappa shape index (κ2) is 9.20. The molecule has 1 saturated carbocycles. The summed E-state index contributed by atoms with van der Waals surface area (Å²) < 4.78 is 23.1. The van der Waals surface area contributed by atoms with Crippen molar-refractivity contribution < 1.29 is 13.6 Å². The standard InChI is InChI=1S/C27H23FIN3O4/c1-13-20(11-15-6-7-17(29)12-21(15)28)23-24(36-26(13)34)22(14(2)32(25(23)33)19-8-9-19)16-4-3-5-18(10-16)31-27(30)35/h3-7,10,12,19H,8-9,11H2,1-2H3,(H3,30,31,35). The maximum atomic E-state index is 14.8. The first-order valence-corrected chi connectivity index (χ1v) is 12.6. The zero-order valence-corrected chi connectivity index (χ0v) is 21.8. The third-order valence-electron chi connectivity index (χ3n) is 6.58. The number of fused-ring (bicyclic) bond motifs is 1. The number of hydrogen-bond donors (Lipinski definition) is 2. The van der Waals surface area contributed by atoms with Gasteiger partial charge in [0.25, 0.3) is 5.56 Å². The van der Waals surface area contributed by atoms with E-state index in [1.807, 2.05) is 35.6 Å². The normalized spacial score (nSPS) is 13.2. The number of anilines is 1. The number of primary amides is 1. The summed E-state index contributed by atoms with van der Waals surface area (Å²) in [5.41, 5.74) is 8.07. The van der Waals surface area contributed by atoms with Crippen molar-refractivity contribution in [1.29, 1.82) is 0 Å². The summed E-state index contributed by atoms with van der Waals surface area (Å²) in [6, 6.07) is 11.2. The largest absolute Gasteiger partial charge is 0.422 e. The molecule has 5 rings (SSSR count). The summed E-state index contributed by atoms with van der Waals surface area (Å²) in [7, 11) is 0. The number of carbonyl (C=O) groups is 1. The van der Waals surface area contributed by atoms with Gasteiger partial charge in [-0.05, 0) is 90.2 Å². The number of nitrogens with two attached hydrogens (primary N) is 1. The predicted octanol–water partition coefficient (Wildman–Crippen LogP) is 5.40. The highest BCUT2D eigenvalue weighted by Gasteiger charge is 2.31. The molecule has 1 fully saturated rings. The molecule has 7 nitrogen and oxygen atoms in total. The summed E-state index contributed by atoms with van der Waals surface area (Å²) in [5.74, 6) is -0.400. The summed E-state index contributed by atoms with van der Waals surface area (Å²) in [6.07, 6.45) is 1.81. The third-order valence-corrected chi connectivity index (χ3v) is 7.25. The number of nitrogens with zero attached hydrogens (tertiary/aromatic N) is 1. The molecule has 9 heteroatoms. The van der Waals surface area contributed by atoms with E-state index in [0.717, 1.165) is 16.4 Å². The Labute approximate surface area is 219 Å². The van der Waals surface area contributed by atoms with Crippen LogP contribution in [-0.2, 0) is 6.42 Å². The van der Waals surface area contributed by atoms with Gasteiger partial charge in [0.15, 0.2) is 5.58 Å². The topological polar surface area (TPSA) is 107 Å². The number of carbonyl (C=O) groups excluding carboxylic acids is 1. The van der Waals surface area contributed by atoms with Crippen LogP contribution in [0.3, 0.4) is 0 Å². The quantitative estimate of drug-likeness (QED) is 0.300. The summed E-state index contributed by atoms with van der Waals surface area (Å²) in [6.45, 7) is 3.42. The van der Waals surface area contributed by atoms with Gasteiger partial charge in [-0.25, -0.2) is 14.0 Å². The van der Waals surface area contributed by atoms with Gasteiger partial charge in [-0.1, -0.05) is 18.2 Å². The van der Waals surface area contributed by atoms with Crippen molar-refractivity contribution in [2.45, 2.75) is 39.2 Å². The van der Waals surface area contributed by atoms with E-state index in [2.05, 4.69) is 5.32 Å². The lowest BCUT2D eigenvalue weighted by Gasteiger charge is -2.19. The minimum Gasteiger partial charge on any atom is -0.422 e. The lowest BCUT2D eigenvalue weighted by atomic mass is 9.94. The van der Waals surface area contributed by atoms with Gasteiger partial charge >= 0.3 is 11.7 Å². The average Bonchev–Trinajstić information content (AvgIpc) is 3.63. The number of amides is 2. The number of urea groups is 1. The minimum absolute atomic E-state index is 0.0442. The molecule has 184 valence electrons. The van der Waals surface area contributed by atoms with Crippen LogP contribution in [-0.4, -0.2) is 10.6 Å². The fraction of sp³-hybridized carbons (Fsp3) is 0.222. The number of nitrogens with one attached hydrogen (secondary N) is 1. The van der Waals surface area contributed by atoms with Gasteiger partial charge < -0.3 is 20.0 Å². The van der Waals surface area contributed by atoms with Gasteiger partial charge in [-0.3, -0.25) is 4.79 Å². The molecule has 2 amide bonds. The number of halogens is 2. The molecule has 1 aliphatic rings. The first-order valence-electron chi connectivity index (χ1n) is 11.5. The van der Waals surface area contributed by atoms with E-state index in [1.54, 1.807) is 41.8 Å². The molecule has 4 aromatic rings. The minimum atomic E-state index is -0.708. The van der Waals surface area contributed by atoms with Crippen molar-refractivity contribution in [3.8, 4) is 11.1 Å². The van der Waals surface area contributed by atoms with Gasteiger partial charge in [-0.2, -0.15) is 0 Å². The predicted molar refractivity (Wildman–Crippen MR) is 145 cm³/mol. The van der Waals surface area contributed by atoms with E-state index < -0.39 is 17.5 Å². The second-order valence-electron chi connectivity index (χ2n) is 9.05. The number of rotatable bonds is 5. The summed E-state index contributed by atoms with van der Waals surface area (Å²) >= 11 is 2.03. The molecule has 0 bridgehead atoms. The molecule has 2 aromatic heterocycles. The van der Waals surface area contributed by atoms with Crippen molar-refractivity contribution in [3.63, 3.8) is 0 Å². The van der Waals surface area contributed by atoms with Crippen LogP contribution in [0.1, 0.15) is 41.3 Å². The maximum absolute atomic E-state index is 14.8. The van der Waals surface area contributed by atoms with E-state index in [4.69, 9.17) is 10.2 Å². The first kappa shape index (κ1) is 24.2. The molecule has 0 unspecified atom stereocenters. The second-order valence-corrected chi connectivity index (χ2v) is 10.3. The monoisotopic (exact) mass is 599 g/mol. The smallest absolute Gasteiger partial charge is 0.339 e. The highest BCUT2D eigenvalue weighted by atomic mass is 127. The van der Waals surface area contributed by atoms with E-state index in [-0.39, 0.29) is 34.6 Å². The van der Waals surface area contributed by atoms with Crippen molar-refractivity contribution in [2.24, 2.45) is 5.73 Å². The number of hydrogen-bond acceptors (Lipinski definition) is 4. The van der Waals surface area contributed by atoms with E-state index in [0.29, 0.717) is 33.6 Å². The van der Waals surface area contributed by atoms with Crippen molar-refractivity contribution >= 4 is 45.3 Å². The van der Waals surface area contributed by atoms with Crippen molar-refractivity contribution in [2.75, 3.05) is 5.32 Å². The van der Waals surface area contributed by atoms with Gasteiger partial charge in [0.2, 0.25) is 0 Å². The Kier molecular flexibility index (Phi) is 6.19. The van der Waals surface area contributed by atoms with Gasteiger partial charge in [0.05, 0.1) is 5.39 Å². The zero-order chi connectivity index (χ0) is 25.7. The lowest BCUT2D eigenvalue weighted by molar-refractivity contribution is 0.259. The van der Waals surface area contributed by atoms with E-state index in [9.17, 15) is 18.8 Å². The Bertz CT molecular complexity index is 1670. The molecule has 0 saturated heterocycles. The van der Waals surface area contributed by atoms with Gasteiger partial charge in [0.1, 0.15) is 5.82 Å². The first-order chi connectivity index (χ1) is 17.2. The Hall–Kier alpha value is -3.47. The third kappa shape index (κ3) is 4.32. The van der Waals surface area contributed by atoms with Crippen molar-refractivity contribution in [3.05, 3.63) is 95.0 Å².